The van der Waals surface area contributed by atoms with E-state index in [9.17, 15) is 4.79 Å². The third kappa shape index (κ3) is 4.06. The highest BCUT2D eigenvalue weighted by Crippen LogP contribution is 2.31. The number of pyridine rings is 1. The van der Waals surface area contributed by atoms with Crippen LogP contribution in [0.4, 0.5) is 0 Å². The molecule has 1 aromatic carbocycles. The van der Waals surface area contributed by atoms with E-state index in [-0.39, 0.29) is 5.91 Å². The van der Waals surface area contributed by atoms with E-state index in [1.165, 1.54) is 22.9 Å². The van der Waals surface area contributed by atoms with Crippen LogP contribution in [0.25, 0.3) is 0 Å². The second-order valence-electron chi connectivity index (χ2n) is 4.59. The molecule has 0 saturated heterocycles. The average molecular weight is 302 g/mol. The molecule has 1 N–H and O–H groups in total. The van der Waals surface area contributed by atoms with Gasteiger partial charge in [-0.15, -0.1) is 0 Å². The summed E-state index contributed by atoms with van der Waals surface area (Å²) in [7, 11) is 0. The summed E-state index contributed by atoms with van der Waals surface area (Å²) in [5.41, 5.74) is 5.30. The van der Waals surface area contributed by atoms with Gasteiger partial charge in [-0.2, -0.15) is 0 Å². The molecule has 0 saturated carbocycles. The number of carbonyl (C=O) groups excluding carboxylic acids is 1. The monoisotopic (exact) mass is 302 g/mol. The summed E-state index contributed by atoms with van der Waals surface area (Å²) in [6, 6.07) is 9.71. The lowest BCUT2D eigenvalue weighted by Crippen LogP contribution is -2.24. The second kappa shape index (κ2) is 7.24. The number of rotatable bonds is 5. The lowest BCUT2D eigenvalue weighted by molar-refractivity contribution is 0.0361. The van der Waals surface area contributed by atoms with Crippen LogP contribution in [0.3, 0.4) is 0 Å². The predicted molar refractivity (Wildman–Crippen MR) is 83.4 cm³/mol. The van der Waals surface area contributed by atoms with Gasteiger partial charge in [-0.1, -0.05) is 29.5 Å². The number of amides is 1. The Balaban J connectivity index is 2.26. The lowest BCUT2D eigenvalue weighted by Gasteiger charge is -2.10. The number of hydrogen-bond donors (Lipinski definition) is 1. The topological polar surface area (TPSA) is 51.2 Å². The van der Waals surface area contributed by atoms with Crippen molar-refractivity contribution in [2.24, 2.45) is 0 Å². The van der Waals surface area contributed by atoms with Gasteiger partial charge >= 0.3 is 0 Å². The number of hydrogen-bond acceptors (Lipinski definition) is 4. The molecule has 5 heteroatoms. The molecule has 0 aliphatic carbocycles. The third-order valence-electron chi connectivity index (χ3n) is 2.86. The summed E-state index contributed by atoms with van der Waals surface area (Å²) in [5, 5.41) is 0.668. The zero-order valence-corrected chi connectivity index (χ0v) is 13.2. The molecule has 0 atom stereocenters. The fraction of sp³-hybridized carbons (Fsp3) is 0.250. The van der Waals surface area contributed by atoms with Gasteiger partial charge in [0.1, 0.15) is 5.03 Å². The van der Waals surface area contributed by atoms with Crippen molar-refractivity contribution in [1.29, 1.82) is 0 Å². The summed E-state index contributed by atoms with van der Waals surface area (Å²) in [6.07, 6.45) is 1.68. The van der Waals surface area contributed by atoms with E-state index >= 15 is 0 Å². The molecule has 0 bridgehead atoms. The quantitative estimate of drug-likeness (QED) is 0.858. The average Bonchev–Trinajstić information content (AvgIpc) is 2.48. The summed E-state index contributed by atoms with van der Waals surface area (Å²) < 4.78 is 0. The van der Waals surface area contributed by atoms with E-state index in [0.29, 0.717) is 17.2 Å². The van der Waals surface area contributed by atoms with E-state index in [1.54, 1.807) is 18.3 Å². The molecule has 0 unspecified atom stereocenters. The van der Waals surface area contributed by atoms with Gasteiger partial charge in [0.2, 0.25) is 0 Å². The lowest BCUT2D eigenvalue weighted by atomic mass is 10.2. The van der Waals surface area contributed by atoms with Crippen LogP contribution >= 0.6 is 11.8 Å². The van der Waals surface area contributed by atoms with Gasteiger partial charge in [0.05, 0.1) is 12.2 Å². The molecule has 2 aromatic rings. The fourth-order valence-electron chi connectivity index (χ4n) is 1.86. The van der Waals surface area contributed by atoms with Crippen LogP contribution in [0.15, 0.2) is 46.5 Å². The highest BCUT2D eigenvalue weighted by atomic mass is 32.2. The summed E-state index contributed by atoms with van der Waals surface area (Å²) in [4.78, 5) is 22.4. The van der Waals surface area contributed by atoms with Crippen LogP contribution in [0, 0.1) is 13.8 Å². The maximum Gasteiger partial charge on any atom is 0.277 e. The Kier molecular flexibility index (Phi) is 5.36. The molecule has 2 rings (SSSR count). The molecule has 110 valence electrons. The maximum atomic E-state index is 12.1. The van der Waals surface area contributed by atoms with Crippen molar-refractivity contribution < 1.29 is 9.63 Å². The Bertz CT molecular complexity index is 644. The first-order valence-corrected chi connectivity index (χ1v) is 7.55. The van der Waals surface area contributed by atoms with Gasteiger partial charge in [0, 0.05) is 11.1 Å². The van der Waals surface area contributed by atoms with E-state index in [1.807, 2.05) is 13.0 Å². The van der Waals surface area contributed by atoms with E-state index in [0.717, 1.165) is 4.90 Å². The predicted octanol–water partition coefficient (Wildman–Crippen LogP) is 3.53. The van der Waals surface area contributed by atoms with Crippen LogP contribution < -0.4 is 5.48 Å². The van der Waals surface area contributed by atoms with Crippen LogP contribution in [-0.2, 0) is 4.84 Å². The molecule has 0 aliphatic rings. The molecule has 0 radical (unpaired) electrons. The number of hydroxylamine groups is 1. The van der Waals surface area contributed by atoms with Gasteiger partial charge < -0.3 is 0 Å². The van der Waals surface area contributed by atoms with Crippen molar-refractivity contribution in [2.45, 2.75) is 30.7 Å². The first-order chi connectivity index (χ1) is 10.1. The molecule has 1 heterocycles. The Morgan fingerprint density at radius 3 is 2.86 bits per heavy atom. The summed E-state index contributed by atoms with van der Waals surface area (Å²) in [6.45, 7) is 6.35. The summed E-state index contributed by atoms with van der Waals surface area (Å²) >= 11 is 1.48. The molecular weight excluding hydrogens is 284 g/mol. The number of benzene rings is 1. The molecule has 1 amide bonds. The van der Waals surface area contributed by atoms with Gasteiger partial charge in [-0.05, 0) is 44.5 Å². The van der Waals surface area contributed by atoms with E-state index in [4.69, 9.17) is 4.84 Å². The number of aryl methyl sites for hydroxylation is 2. The van der Waals surface area contributed by atoms with Crippen molar-refractivity contribution >= 4 is 17.7 Å². The van der Waals surface area contributed by atoms with Gasteiger partial charge in [-0.3, -0.25) is 9.63 Å². The maximum absolute atomic E-state index is 12.1. The molecular formula is C16H18N2O2S. The molecule has 1 aromatic heterocycles. The SMILES string of the molecule is CCONC(=O)c1cccnc1Sc1ccc(C)cc1C. The van der Waals surface area contributed by atoms with Gasteiger partial charge in [0.25, 0.3) is 5.91 Å². The first-order valence-electron chi connectivity index (χ1n) is 6.74. The number of carbonyl (C=O) groups is 1. The minimum absolute atomic E-state index is 0.280. The minimum atomic E-state index is -0.280. The Labute approximate surface area is 128 Å². The Morgan fingerprint density at radius 1 is 1.33 bits per heavy atom. The van der Waals surface area contributed by atoms with Crippen molar-refractivity contribution in [3.63, 3.8) is 0 Å². The van der Waals surface area contributed by atoms with Crippen molar-refractivity contribution in [1.82, 2.24) is 10.5 Å². The molecule has 21 heavy (non-hydrogen) atoms. The normalized spacial score (nSPS) is 10.4. The van der Waals surface area contributed by atoms with Gasteiger partial charge in [-0.25, -0.2) is 10.5 Å². The van der Waals surface area contributed by atoms with Crippen LogP contribution in [-0.4, -0.2) is 17.5 Å². The standard InChI is InChI=1S/C16H18N2O2S/c1-4-20-18-15(19)13-6-5-9-17-16(13)21-14-8-7-11(2)10-12(14)3/h5-10H,4H2,1-3H3,(H,18,19). The molecule has 0 aliphatic heterocycles. The zero-order chi connectivity index (χ0) is 15.2. The van der Waals surface area contributed by atoms with E-state index < -0.39 is 0 Å². The number of nitrogens with one attached hydrogen (secondary N) is 1. The van der Waals surface area contributed by atoms with Gasteiger partial charge in [0.15, 0.2) is 0 Å². The second-order valence-corrected chi connectivity index (χ2v) is 5.62. The molecule has 0 fully saturated rings. The van der Waals surface area contributed by atoms with Crippen LogP contribution in [0.2, 0.25) is 0 Å². The van der Waals surface area contributed by atoms with E-state index in [2.05, 4.69) is 36.4 Å². The van der Waals surface area contributed by atoms with Crippen LogP contribution in [0.1, 0.15) is 28.4 Å². The van der Waals surface area contributed by atoms with Crippen molar-refractivity contribution in [2.75, 3.05) is 6.61 Å². The largest absolute Gasteiger partial charge is 0.277 e. The Morgan fingerprint density at radius 2 is 2.14 bits per heavy atom. The number of aromatic nitrogens is 1. The number of nitrogens with zero attached hydrogens (tertiary/aromatic N) is 1. The zero-order valence-electron chi connectivity index (χ0n) is 12.3. The third-order valence-corrected chi connectivity index (χ3v) is 4.06. The van der Waals surface area contributed by atoms with Crippen molar-refractivity contribution in [3.05, 3.63) is 53.2 Å². The molecule has 4 nitrogen and oxygen atoms in total. The first kappa shape index (κ1) is 15.5. The minimum Gasteiger partial charge on any atom is -0.274 e. The van der Waals surface area contributed by atoms with Crippen molar-refractivity contribution in [3.8, 4) is 0 Å². The fourth-order valence-corrected chi connectivity index (χ4v) is 2.80. The summed E-state index contributed by atoms with van der Waals surface area (Å²) in [5.74, 6) is -0.280. The molecule has 0 spiro atoms. The Hall–Kier alpha value is -1.85. The highest BCUT2D eigenvalue weighted by molar-refractivity contribution is 7.99. The smallest absolute Gasteiger partial charge is 0.274 e. The highest BCUT2D eigenvalue weighted by Gasteiger charge is 2.14. The van der Waals surface area contributed by atoms with Crippen LogP contribution in [0.5, 0.6) is 0 Å².